The van der Waals surface area contributed by atoms with Crippen molar-refractivity contribution in [1.82, 2.24) is 10.2 Å². The summed E-state index contributed by atoms with van der Waals surface area (Å²) in [5, 5.41) is 3.52. The molecule has 244 valence electrons. The van der Waals surface area contributed by atoms with Crippen LogP contribution in [0.5, 0.6) is 17.2 Å². The molecule has 45 heavy (non-hydrogen) atoms. The number of hydrogen-bond acceptors (Lipinski definition) is 7. The number of carbonyl (C=O) groups excluding carboxylic acids is 2. The lowest BCUT2D eigenvalue weighted by Gasteiger charge is -2.34. The number of nitrogens with zero attached hydrogens (tertiary/aromatic N) is 2. The van der Waals surface area contributed by atoms with Crippen LogP contribution >= 0.6 is 23.2 Å². The summed E-state index contributed by atoms with van der Waals surface area (Å²) in [5.74, 6) is -0.166. The van der Waals surface area contributed by atoms with Gasteiger partial charge in [-0.15, -0.1) is 0 Å². The number of benzene rings is 3. The zero-order valence-electron chi connectivity index (χ0n) is 26.2. The lowest BCUT2D eigenvalue weighted by atomic mass is 10.1. The average molecular weight is 681 g/mol. The second kappa shape index (κ2) is 16.1. The van der Waals surface area contributed by atoms with E-state index in [9.17, 15) is 18.0 Å². The minimum Gasteiger partial charge on any atom is -0.495 e. The van der Waals surface area contributed by atoms with Crippen molar-refractivity contribution in [3.8, 4) is 17.2 Å². The Bertz CT molecular complexity index is 1600. The maximum absolute atomic E-state index is 14.4. The number of methoxy groups -OCH3 is 3. The molecule has 0 saturated carbocycles. The molecule has 1 unspecified atom stereocenters. The number of halogens is 2. The summed E-state index contributed by atoms with van der Waals surface area (Å²) in [5.41, 5.74) is 0.625. The quantitative estimate of drug-likeness (QED) is 0.216. The van der Waals surface area contributed by atoms with E-state index in [2.05, 4.69) is 5.32 Å². The van der Waals surface area contributed by atoms with Crippen LogP contribution in [0.25, 0.3) is 0 Å². The van der Waals surface area contributed by atoms with Crippen LogP contribution in [-0.2, 0) is 26.2 Å². The van der Waals surface area contributed by atoms with Crippen LogP contribution in [0, 0.1) is 5.92 Å². The summed E-state index contributed by atoms with van der Waals surface area (Å²) in [6.45, 7) is 5.38. The molecule has 0 spiro atoms. The van der Waals surface area contributed by atoms with E-state index in [0.717, 1.165) is 4.31 Å². The van der Waals surface area contributed by atoms with Gasteiger partial charge in [0, 0.05) is 29.2 Å². The van der Waals surface area contributed by atoms with Crippen molar-refractivity contribution in [1.29, 1.82) is 0 Å². The maximum atomic E-state index is 14.4. The molecule has 0 saturated heterocycles. The van der Waals surface area contributed by atoms with E-state index in [0.29, 0.717) is 22.9 Å². The molecule has 0 fully saturated rings. The Kier molecular flexibility index (Phi) is 12.8. The van der Waals surface area contributed by atoms with E-state index in [-0.39, 0.29) is 51.9 Å². The van der Waals surface area contributed by atoms with E-state index in [1.165, 1.54) is 56.6 Å². The molecule has 13 heteroatoms. The zero-order chi connectivity index (χ0) is 33.3. The third kappa shape index (κ3) is 8.74. The SMILES string of the molecule is CCC(C(=O)NCC(C)C)N(Cc1ccccc1Cl)C(=O)CN(c1cc(Cl)ccc1OC)S(=O)(=O)c1ccc(OC)c(OC)c1. The summed E-state index contributed by atoms with van der Waals surface area (Å²) in [7, 11) is -0.259. The normalized spacial score (nSPS) is 11.9. The van der Waals surface area contributed by atoms with Crippen molar-refractivity contribution in [2.45, 2.75) is 44.7 Å². The largest absolute Gasteiger partial charge is 0.495 e. The standard InChI is InChI=1S/C32H39Cl2N3O7S/c1-7-26(32(39)35-18-21(2)3)36(19-22-10-8-9-11-25(22)34)31(38)20-37(27-16-23(33)12-14-28(27)42-4)45(40,41)24-13-15-29(43-5)30(17-24)44-6/h8-17,21,26H,7,18-20H2,1-6H3,(H,35,39). The first-order valence-electron chi connectivity index (χ1n) is 14.3. The first-order chi connectivity index (χ1) is 21.4. The minimum atomic E-state index is -4.46. The van der Waals surface area contributed by atoms with Crippen LogP contribution in [0.2, 0.25) is 10.0 Å². The van der Waals surface area contributed by atoms with Crippen LogP contribution < -0.4 is 23.8 Å². The molecule has 2 amide bonds. The molecule has 0 aliphatic heterocycles. The zero-order valence-corrected chi connectivity index (χ0v) is 28.5. The number of hydrogen-bond donors (Lipinski definition) is 1. The third-order valence-electron chi connectivity index (χ3n) is 7.00. The highest BCUT2D eigenvalue weighted by atomic mass is 35.5. The first kappa shape index (κ1) is 35.8. The number of carbonyl (C=O) groups is 2. The van der Waals surface area contributed by atoms with Gasteiger partial charge in [0.25, 0.3) is 10.0 Å². The minimum absolute atomic E-state index is 0.0307. The fourth-order valence-corrected chi connectivity index (χ4v) is 6.42. The predicted octanol–water partition coefficient (Wildman–Crippen LogP) is 5.79. The van der Waals surface area contributed by atoms with Gasteiger partial charge >= 0.3 is 0 Å². The molecule has 3 aromatic rings. The van der Waals surface area contributed by atoms with Crippen molar-refractivity contribution >= 4 is 50.7 Å². The molecule has 0 aromatic heterocycles. The van der Waals surface area contributed by atoms with Crippen LogP contribution in [0.15, 0.2) is 65.6 Å². The molecule has 1 atom stereocenters. The summed E-state index contributed by atoms with van der Waals surface area (Å²) in [4.78, 5) is 28.9. The molecule has 3 rings (SSSR count). The molecule has 10 nitrogen and oxygen atoms in total. The summed E-state index contributed by atoms with van der Waals surface area (Å²) >= 11 is 12.8. The molecule has 0 aliphatic rings. The second-order valence-corrected chi connectivity index (χ2v) is 13.2. The summed E-state index contributed by atoms with van der Waals surface area (Å²) < 4.78 is 45.8. The van der Waals surface area contributed by atoms with E-state index < -0.39 is 28.5 Å². The Balaban J connectivity index is 2.17. The molecular formula is C32H39Cl2N3O7S. The molecule has 0 heterocycles. The Morgan fingerprint density at radius 3 is 2.13 bits per heavy atom. The van der Waals surface area contributed by atoms with E-state index >= 15 is 0 Å². The smallest absolute Gasteiger partial charge is 0.265 e. The fourth-order valence-electron chi connectivity index (χ4n) is 4.63. The molecule has 0 bridgehead atoms. The van der Waals surface area contributed by atoms with Gasteiger partial charge in [-0.1, -0.05) is 62.2 Å². The van der Waals surface area contributed by atoms with Crippen molar-refractivity contribution in [3.63, 3.8) is 0 Å². The van der Waals surface area contributed by atoms with Gasteiger partial charge in [0.15, 0.2) is 11.5 Å². The third-order valence-corrected chi connectivity index (χ3v) is 9.36. The van der Waals surface area contributed by atoms with Crippen LogP contribution in [0.3, 0.4) is 0 Å². The summed E-state index contributed by atoms with van der Waals surface area (Å²) in [6, 6.07) is 14.6. The maximum Gasteiger partial charge on any atom is 0.265 e. The Hall–Kier alpha value is -3.67. The highest BCUT2D eigenvalue weighted by molar-refractivity contribution is 7.92. The van der Waals surface area contributed by atoms with Crippen molar-refractivity contribution < 1.29 is 32.2 Å². The highest BCUT2D eigenvalue weighted by Crippen LogP contribution is 2.37. The summed E-state index contributed by atoms with van der Waals surface area (Å²) in [6.07, 6.45) is 0.267. The van der Waals surface area contributed by atoms with E-state index in [1.807, 2.05) is 13.8 Å². The molecule has 0 radical (unpaired) electrons. The Morgan fingerprint density at radius 2 is 1.53 bits per heavy atom. The highest BCUT2D eigenvalue weighted by Gasteiger charge is 2.35. The van der Waals surface area contributed by atoms with E-state index in [4.69, 9.17) is 37.4 Å². The van der Waals surface area contributed by atoms with Gasteiger partial charge in [0.2, 0.25) is 11.8 Å². The number of nitrogens with one attached hydrogen (secondary N) is 1. The fraction of sp³-hybridized carbons (Fsp3) is 0.375. The van der Waals surface area contributed by atoms with Crippen molar-refractivity contribution in [2.24, 2.45) is 5.92 Å². The first-order valence-corrected chi connectivity index (χ1v) is 16.5. The van der Waals surface area contributed by atoms with Gasteiger partial charge in [0.1, 0.15) is 18.3 Å². The predicted molar refractivity (Wildman–Crippen MR) is 176 cm³/mol. The number of amides is 2. The van der Waals surface area contributed by atoms with Gasteiger partial charge in [-0.3, -0.25) is 13.9 Å². The van der Waals surface area contributed by atoms with Crippen molar-refractivity contribution in [3.05, 3.63) is 76.3 Å². The van der Waals surface area contributed by atoms with Crippen molar-refractivity contribution in [2.75, 3.05) is 38.7 Å². The number of ether oxygens (including phenoxy) is 3. The molecular weight excluding hydrogens is 641 g/mol. The second-order valence-electron chi connectivity index (χ2n) is 10.5. The average Bonchev–Trinajstić information content (AvgIpc) is 3.02. The number of sulfonamides is 1. The Labute approximate surface area is 275 Å². The lowest BCUT2D eigenvalue weighted by Crippen LogP contribution is -2.52. The topological polar surface area (TPSA) is 114 Å². The van der Waals surface area contributed by atoms with Gasteiger partial charge in [-0.05, 0) is 54.3 Å². The number of anilines is 1. The van der Waals surface area contributed by atoms with Gasteiger partial charge in [-0.25, -0.2) is 8.42 Å². The molecule has 0 aliphatic carbocycles. The van der Waals surface area contributed by atoms with Crippen LogP contribution in [0.1, 0.15) is 32.8 Å². The van der Waals surface area contributed by atoms with Gasteiger partial charge < -0.3 is 24.4 Å². The van der Waals surface area contributed by atoms with Crippen LogP contribution in [0.4, 0.5) is 5.69 Å². The molecule has 1 N–H and O–H groups in total. The van der Waals surface area contributed by atoms with E-state index in [1.54, 1.807) is 37.3 Å². The lowest BCUT2D eigenvalue weighted by molar-refractivity contribution is -0.140. The molecule has 3 aromatic carbocycles. The van der Waals surface area contributed by atoms with Gasteiger partial charge in [0.05, 0.1) is 31.9 Å². The monoisotopic (exact) mass is 679 g/mol. The van der Waals surface area contributed by atoms with Gasteiger partial charge in [-0.2, -0.15) is 0 Å². The van der Waals surface area contributed by atoms with Crippen LogP contribution in [-0.4, -0.2) is 65.6 Å². The Morgan fingerprint density at radius 1 is 0.889 bits per heavy atom. The number of rotatable bonds is 15.